The van der Waals surface area contributed by atoms with E-state index in [9.17, 15) is 4.39 Å². The molecule has 2 rings (SSSR count). The minimum absolute atomic E-state index is 0.201. The average molecular weight is 379 g/mol. The molecule has 0 unspecified atom stereocenters. The first-order chi connectivity index (χ1) is 12.9. The number of rotatable bonds is 7. The van der Waals surface area contributed by atoms with Gasteiger partial charge in [0, 0.05) is 12.1 Å². The smallest absolute Gasteiger partial charge is 0.414 e. The van der Waals surface area contributed by atoms with Crippen molar-refractivity contribution in [1.29, 1.82) is 0 Å². The van der Waals surface area contributed by atoms with Crippen molar-refractivity contribution in [2.24, 2.45) is 0 Å². The summed E-state index contributed by atoms with van der Waals surface area (Å²) in [6.07, 6.45) is 0.854. The highest BCUT2D eigenvalue weighted by atomic mass is 19.1. The van der Waals surface area contributed by atoms with E-state index in [1.165, 1.54) is 12.1 Å². The average Bonchev–Trinajstić information content (AvgIpc) is 2.66. The summed E-state index contributed by atoms with van der Waals surface area (Å²) in [7, 11) is 3.30. The minimum atomic E-state index is -1.82. The summed E-state index contributed by atoms with van der Waals surface area (Å²) in [5.41, 5.74) is 2.16. The van der Waals surface area contributed by atoms with Crippen LogP contribution in [0.25, 0.3) is 0 Å². The third-order valence-corrected chi connectivity index (χ3v) is 3.49. The number of hydrogen-bond acceptors (Lipinski definition) is 5. The van der Waals surface area contributed by atoms with Crippen molar-refractivity contribution in [3.8, 4) is 11.5 Å². The second-order valence-corrected chi connectivity index (χ2v) is 5.34. The molecular formula is C19H22FNO6. The van der Waals surface area contributed by atoms with Crippen LogP contribution in [0.1, 0.15) is 11.1 Å². The maximum atomic E-state index is 12.8. The van der Waals surface area contributed by atoms with E-state index in [0.717, 1.165) is 35.6 Å². The largest absolute Gasteiger partial charge is 0.497 e. The van der Waals surface area contributed by atoms with Gasteiger partial charge in [-0.1, -0.05) is 12.1 Å². The van der Waals surface area contributed by atoms with Crippen LogP contribution < -0.4 is 14.8 Å². The van der Waals surface area contributed by atoms with E-state index in [0.29, 0.717) is 6.54 Å². The minimum Gasteiger partial charge on any atom is -0.497 e. The lowest BCUT2D eigenvalue weighted by molar-refractivity contribution is -0.159. The number of halogens is 1. The van der Waals surface area contributed by atoms with E-state index in [4.69, 9.17) is 29.3 Å². The number of methoxy groups -OCH3 is 2. The Morgan fingerprint density at radius 2 is 1.63 bits per heavy atom. The number of aliphatic carboxylic acids is 2. The Morgan fingerprint density at radius 1 is 1.00 bits per heavy atom. The van der Waals surface area contributed by atoms with Gasteiger partial charge in [0.15, 0.2) is 0 Å². The van der Waals surface area contributed by atoms with Gasteiger partial charge in [-0.05, 0) is 48.9 Å². The van der Waals surface area contributed by atoms with Crippen LogP contribution in [-0.4, -0.2) is 42.9 Å². The first-order valence-corrected chi connectivity index (χ1v) is 7.99. The quantitative estimate of drug-likeness (QED) is 0.501. The zero-order valence-electron chi connectivity index (χ0n) is 15.1. The number of hydrogen-bond donors (Lipinski definition) is 3. The van der Waals surface area contributed by atoms with Crippen molar-refractivity contribution in [1.82, 2.24) is 5.32 Å². The third kappa shape index (κ3) is 8.19. The fourth-order valence-electron chi connectivity index (χ4n) is 2.13. The fraction of sp³-hybridized carbons (Fsp3) is 0.263. The van der Waals surface area contributed by atoms with Crippen LogP contribution in [0.5, 0.6) is 11.5 Å². The molecule has 0 aliphatic heterocycles. The summed E-state index contributed by atoms with van der Waals surface area (Å²) < 4.78 is 23.4. The molecule has 8 heteroatoms. The van der Waals surface area contributed by atoms with Crippen LogP contribution in [0.15, 0.2) is 42.5 Å². The van der Waals surface area contributed by atoms with Gasteiger partial charge in [-0.25, -0.2) is 14.0 Å². The predicted octanol–water partition coefficient (Wildman–Crippen LogP) is 2.33. The summed E-state index contributed by atoms with van der Waals surface area (Å²) in [5, 5.41) is 18.1. The topological polar surface area (TPSA) is 105 Å². The van der Waals surface area contributed by atoms with Gasteiger partial charge in [0.1, 0.15) is 17.3 Å². The third-order valence-electron chi connectivity index (χ3n) is 3.49. The Hall–Kier alpha value is -3.13. The van der Waals surface area contributed by atoms with Gasteiger partial charge in [0.05, 0.1) is 14.2 Å². The van der Waals surface area contributed by atoms with Gasteiger partial charge in [0.25, 0.3) is 0 Å². The number of ether oxygens (including phenoxy) is 2. The second kappa shape index (κ2) is 11.5. The predicted molar refractivity (Wildman–Crippen MR) is 96.6 cm³/mol. The molecule has 2 aromatic carbocycles. The summed E-state index contributed by atoms with van der Waals surface area (Å²) in [4.78, 5) is 18.2. The summed E-state index contributed by atoms with van der Waals surface area (Å²) in [6.45, 7) is 1.51. The van der Waals surface area contributed by atoms with E-state index in [2.05, 4.69) is 5.32 Å². The zero-order valence-corrected chi connectivity index (χ0v) is 15.1. The monoisotopic (exact) mass is 379 g/mol. The molecule has 0 fully saturated rings. The molecule has 2 aromatic rings. The lowest BCUT2D eigenvalue weighted by Gasteiger charge is -2.11. The first-order valence-electron chi connectivity index (χ1n) is 7.99. The molecule has 0 aliphatic rings. The molecular weight excluding hydrogens is 357 g/mol. The van der Waals surface area contributed by atoms with Crippen LogP contribution in [0.2, 0.25) is 0 Å². The first kappa shape index (κ1) is 21.9. The van der Waals surface area contributed by atoms with E-state index < -0.39 is 11.9 Å². The lowest BCUT2D eigenvalue weighted by atomic mass is 10.1. The standard InChI is InChI=1S/C17H20FNO2.C2H2O4/c1-20-16-7-8-17(21-2)14(11-16)12-19-10-9-13-3-5-15(18)6-4-13;3-1(4)2(5)6/h3-8,11,19H,9-10,12H2,1-2H3;(H,3,4)(H,5,6). The van der Waals surface area contributed by atoms with E-state index in [1.54, 1.807) is 14.2 Å². The van der Waals surface area contributed by atoms with Gasteiger partial charge in [-0.2, -0.15) is 0 Å². The number of carboxylic acid groups (broad SMARTS) is 2. The molecule has 0 bridgehead atoms. The summed E-state index contributed by atoms with van der Waals surface area (Å²) in [6, 6.07) is 12.3. The molecule has 0 spiro atoms. The second-order valence-electron chi connectivity index (χ2n) is 5.34. The molecule has 0 amide bonds. The summed E-state index contributed by atoms with van der Waals surface area (Å²) in [5.74, 6) is -2.20. The van der Waals surface area contributed by atoms with Gasteiger partial charge in [-0.3, -0.25) is 0 Å². The number of benzene rings is 2. The van der Waals surface area contributed by atoms with E-state index in [-0.39, 0.29) is 5.82 Å². The molecule has 0 aromatic heterocycles. The highest BCUT2D eigenvalue weighted by molar-refractivity contribution is 6.27. The van der Waals surface area contributed by atoms with Gasteiger partial charge >= 0.3 is 11.9 Å². The van der Waals surface area contributed by atoms with Crippen molar-refractivity contribution in [2.75, 3.05) is 20.8 Å². The SMILES string of the molecule is COc1ccc(OC)c(CNCCc2ccc(F)cc2)c1.O=C(O)C(=O)O. The van der Waals surface area contributed by atoms with Crippen LogP contribution >= 0.6 is 0 Å². The highest BCUT2D eigenvalue weighted by Gasteiger charge is 2.05. The summed E-state index contributed by atoms with van der Waals surface area (Å²) >= 11 is 0. The lowest BCUT2D eigenvalue weighted by Crippen LogP contribution is -2.17. The molecule has 0 aliphatic carbocycles. The highest BCUT2D eigenvalue weighted by Crippen LogP contribution is 2.23. The fourth-order valence-corrected chi connectivity index (χ4v) is 2.13. The molecule has 0 heterocycles. The van der Waals surface area contributed by atoms with Gasteiger partial charge < -0.3 is 25.0 Å². The number of carboxylic acids is 2. The molecule has 146 valence electrons. The van der Waals surface area contributed by atoms with E-state index in [1.807, 2.05) is 30.3 Å². The molecule has 7 nitrogen and oxygen atoms in total. The molecule has 0 saturated heterocycles. The molecule has 27 heavy (non-hydrogen) atoms. The van der Waals surface area contributed by atoms with Crippen molar-refractivity contribution < 1.29 is 33.7 Å². The van der Waals surface area contributed by atoms with Crippen LogP contribution in [-0.2, 0) is 22.6 Å². The van der Waals surface area contributed by atoms with Crippen molar-refractivity contribution in [2.45, 2.75) is 13.0 Å². The molecule has 0 radical (unpaired) electrons. The van der Waals surface area contributed by atoms with Crippen molar-refractivity contribution >= 4 is 11.9 Å². The van der Waals surface area contributed by atoms with Crippen LogP contribution in [0.4, 0.5) is 4.39 Å². The van der Waals surface area contributed by atoms with Crippen LogP contribution in [0.3, 0.4) is 0 Å². The normalized spacial score (nSPS) is 9.74. The zero-order chi connectivity index (χ0) is 20.2. The Bertz CT molecular complexity index is 736. The number of carbonyl (C=O) groups is 2. The maximum absolute atomic E-state index is 12.8. The van der Waals surface area contributed by atoms with Crippen molar-refractivity contribution in [3.63, 3.8) is 0 Å². The van der Waals surface area contributed by atoms with Gasteiger partial charge in [-0.15, -0.1) is 0 Å². The Kier molecular flexibility index (Phi) is 9.32. The molecule has 0 saturated carbocycles. The number of nitrogens with one attached hydrogen (secondary N) is 1. The van der Waals surface area contributed by atoms with Gasteiger partial charge in [0.2, 0.25) is 0 Å². The molecule has 3 N–H and O–H groups in total. The van der Waals surface area contributed by atoms with Crippen LogP contribution in [0, 0.1) is 5.82 Å². The van der Waals surface area contributed by atoms with E-state index >= 15 is 0 Å². The maximum Gasteiger partial charge on any atom is 0.414 e. The van der Waals surface area contributed by atoms with Crippen molar-refractivity contribution in [3.05, 3.63) is 59.4 Å². The molecule has 0 atom stereocenters. The Balaban J connectivity index is 0.000000527. The Morgan fingerprint density at radius 3 is 2.15 bits per heavy atom. The Labute approximate surface area is 156 Å².